The molecule has 254 valence electrons. The summed E-state index contributed by atoms with van der Waals surface area (Å²) in [5.74, 6) is -55.6. The predicted molar refractivity (Wildman–Crippen MR) is 111 cm³/mol. The molecule has 0 spiro atoms. The van der Waals surface area contributed by atoms with Crippen molar-refractivity contribution < 1.29 is 96.6 Å². The molecule has 0 nitrogen and oxygen atoms in total. The smallest absolute Gasteiger partial charge is 0.227 e. The Hall–Kier alpha value is -4.66. The zero-order chi connectivity index (χ0) is 36.4. The summed E-state index contributed by atoms with van der Waals surface area (Å²) >= 11 is 0. The minimum Gasteiger partial charge on any atom is -0.227 e. The number of hydrogen-bond donors (Lipinski definition) is 0. The maximum absolute atomic E-state index is 16.9. The van der Waals surface area contributed by atoms with Gasteiger partial charge in [0.2, 0.25) is 23.1 Å². The molecule has 0 aliphatic rings. The van der Waals surface area contributed by atoms with Crippen molar-refractivity contribution in [1.82, 2.24) is 0 Å². The van der Waals surface area contributed by atoms with E-state index >= 15 is 30.7 Å². The summed E-state index contributed by atoms with van der Waals surface area (Å²) < 4.78 is 312. The van der Waals surface area contributed by atoms with Crippen LogP contribution in [0.2, 0.25) is 0 Å². The summed E-state index contributed by atoms with van der Waals surface area (Å²) in [4.78, 5) is 0. The number of alkyl halides is 1. The van der Waals surface area contributed by atoms with Gasteiger partial charge in [-0.3, -0.25) is 0 Å². The second kappa shape index (κ2) is 12.5. The van der Waals surface area contributed by atoms with Crippen LogP contribution in [0.15, 0.2) is 18.2 Å². The molecule has 0 unspecified atom stereocenters. The van der Waals surface area contributed by atoms with Crippen LogP contribution in [0.3, 0.4) is 0 Å². The van der Waals surface area contributed by atoms with E-state index in [1.54, 1.807) is 0 Å². The molecule has 0 aliphatic heterocycles. The third-order valence-corrected chi connectivity index (χ3v) is 5.98. The molecule has 0 radical (unpaired) electrons. The van der Waals surface area contributed by atoms with Crippen molar-refractivity contribution in [3.8, 4) is 0 Å². The molecule has 0 heterocycles. The van der Waals surface area contributed by atoms with Crippen molar-refractivity contribution >= 4 is 17.5 Å². The molecule has 0 aliphatic carbocycles. The minimum atomic E-state index is -6.49. The fourth-order valence-electron chi connectivity index (χ4n) is 4.04. The van der Waals surface area contributed by atoms with Gasteiger partial charge in [0.25, 0.3) is 0 Å². The molecule has 3 aromatic rings. The van der Waals surface area contributed by atoms with E-state index in [1.807, 2.05) is 0 Å². The Morgan fingerprint density at radius 2 is 0.426 bits per heavy atom. The Labute approximate surface area is 242 Å². The average Bonchev–Trinajstić information content (AvgIpc) is 2.98. The molecule has 0 aromatic heterocycles. The summed E-state index contributed by atoms with van der Waals surface area (Å²) in [7, 11) is 0. The number of rotatable bonds is 6. The fourth-order valence-corrected chi connectivity index (χ4v) is 4.04. The molecular weight excluding hydrogens is 718 g/mol. The topological polar surface area (TPSA) is 0 Å². The van der Waals surface area contributed by atoms with E-state index in [9.17, 15) is 65.9 Å². The highest BCUT2D eigenvalue weighted by Crippen LogP contribution is 2.51. The normalized spacial score (nSPS) is 11.6. The van der Waals surface area contributed by atoms with Crippen LogP contribution in [0.4, 0.5) is 96.6 Å². The van der Waals surface area contributed by atoms with Crippen LogP contribution >= 0.6 is 0 Å². The van der Waals surface area contributed by atoms with Crippen molar-refractivity contribution in [1.29, 1.82) is 0 Å². The van der Waals surface area contributed by atoms with Crippen LogP contribution in [-0.2, 0) is 5.67 Å². The fraction of sp³-hybridized carbons (Fsp3) is 0.0400. The first-order valence-electron chi connectivity index (χ1n) is 10.9. The van der Waals surface area contributed by atoms with Gasteiger partial charge in [-0.05, 0) is 0 Å². The molecule has 0 N–H and O–H groups in total. The maximum atomic E-state index is 16.9. The summed E-state index contributed by atoms with van der Waals surface area (Å²) in [5, 5.41) is 0. The van der Waals surface area contributed by atoms with Crippen molar-refractivity contribution in [3.63, 3.8) is 0 Å². The van der Waals surface area contributed by atoms with Gasteiger partial charge in [-0.1, -0.05) is 0 Å². The lowest BCUT2D eigenvalue weighted by molar-refractivity contribution is 0.212. The molecule has 0 atom stereocenters. The Bertz CT molecular complexity index is 1630. The number of hydrogen-bond acceptors (Lipinski definition) is 0. The van der Waals surface area contributed by atoms with Crippen molar-refractivity contribution in [2.75, 3.05) is 0 Å². The molecule has 0 saturated carbocycles. The lowest BCUT2D eigenvalue weighted by Crippen LogP contribution is -2.35. The molecule has 3 rings (SSSR count). The largest absolute Gasteiger partial charge is 0.306 e. The van der Waals surface area contributed by atoms with Gasteiger partial charge < -0.3 is 0 Å². The quantitative estimate of drug-likeness (QED) is 0.135. The summed E-state index contributed by atoms with van der Waals surface area (Å²) in [6.45, 7) is 0. The van der Waals surface area contributed by atoms with E-state index in [0.717, 1.165) is 0 Å². The van der Waals surface area contributed by atoms with Crippen molar-refractivity contribution in [2.45, 2.75) is 5.67 Å². The Kier molecular flexibility index (Phi) is 9.79. The maximum Gasteiger partial charge on any atom is 0.306 e. The Balaban J connectivity index is 2.85. The van der Waals surface area contributed by atoms with Gasteiger partial charge in [0.15, 0.2) is 69.8 Å². The molecule has 47 heavy (non-hydrogen) atoms. The predicted octanol–water partition coefficient (Wildman–Crippen LogP) is 11.2. The van der Waals surface area contributed by atoms with Crippen LogP contribution < -0.4 is 0 Å². The van der Waals surface area contributed by atoms with E-state index in [2.05, 4.69) is 0 Å². The van der Waals surface area contributed by atoms with Crippen LogP contribution in [0.1, 0.15) is 33.4 Å². The van der Waals surface area contributed by atoms with Gasteiger partial charge in [-0.2, -0.15) is 26.3 Å². The molecule has 3 aromatic carbocycles. The van der Waals surface area contributed by atoms with Crippen molar-refractivity contribution in [2.24, 2.45) is 0 Å². The highest BCUT2D eigenvalue weighted by atomic mass is 19.3. The van der Waals surface area contributed by atoms with Gasteiger partial charge in [0.1, 0.15) is 0 Å². The van der Waals surface area contributed by atoms with E-state index in [1.165, 1.54) is 0 Å². The van der Waals surface area contributed by atoms with E-state index in [0.29, 0.717) is 0 Å². The Morgan fingerprint density at radius 3 is 0.553 bits per heavy atom. The van der Waals surface area contributed by atoms with E-state index in [4.69, 9.17) is 0 Å². The van der Waals surface area contributed by atoms with Crippen LogP contribution in [-0.4, -0.2) is 0 Å². The van der Waals surface area contributed by atoms with Gasteiger partial charge >= 0.3 is 18.2 Å². The minimum absolute atomic E-state index is 3.18. The van der Waals surface area contributed by atoms with Crippen molar-refractivity contribution in [3.05, 3.63) is 121 Å². The number of benzene rings is 3. The van der Waals surface area contributed by atoms with E-state index < -0.39 is 145 Å². The molecule has 0 fully saturated rings. The third kappa shape index (κ3) is 5.35. The lowest BCUT2D eigenvalue weighted by Gasteiger charge is -2.30. The summed E-state index contributed by atoms with van der Waals surface area (Å²) in [6, 6.07) is 0. The number of halogens is 22. The highest BCUT2D eigenvalue weighted by Gasteiger charge is 2.55. The van der Waals surface area contributed by atoms with Crippen LogP contribution in [0.5, 0.6) is 0 Å². The van der Waals surface area contributed by atoms with Gasteiger partial charge in [0, 0.05) is 0 Å². The summed E-state index contributed by atoms with van der Waals surface area (Å²) in [6.07, 6.45) is -11.5. The second-order valence-electron chi connectivity index (χ2n) is 8.40. The van der Waals surface area contributed by atoms with Crippen LogP contribution in [0.25, 0.3) is 17.5 Å². The molecule has 22 heteroatoms. The average molecular weight is 718 g/mol. The SMILES string of the molecule is FC(F)=C(F)c1c(F)c(F)c(C(F)(c2c(F)c(F)c(C(F)=C(F)F)c(F)c2F)c2c(F)c(F)c(C(F)=C(F)F)c(F)c2F)c(F)c1F. The zero-order valence-corrected chi connectivity index (χ0v) is 20.8. The first kappa shape index (κ1) is 36.8. The first-order valence-corrected chi connectivity index (χ1v) is 10.9. The third-order valence-electron chi connectivity index (χ3n) is 5.98. The van der Waals surface area contributed by atoms with Crippen LogP contribution in [0, 0.1) is 69.8 Å². The second-order valence-corrected chi connectivity index (χ2v) is 8.40. The van der Waals surface area contributed by atoms with E-state index in [-0.39, 0.29) is 0 Å². The van der Waals surface area contributed by atoms with Gasteiger partial charge in [-0.15, -0.1) is 0 Å². The molecule has 0 saturated heterocycles. The van der Waals surface area contributed by atoms with Gasteiger partial charge in [-0.25, -0.2) is 70.2 Å². The first-order chi connectivity index (χ1) is 21.5. The Morgan fingerprint density at radius 1 is 0.277 bits per heavy atom. The summed E-state index contributed by atoms with van der Waals surface area (Å²) in [5.41, 5.74) is -27.4. The van der Waals surface area contributed by atoms with Gasteiger partial charge in [0.05, 0.1) is 33.4 Å². The highest BCUT2D eigenvalue weighted by molar-refractivity contribution is 5.67. The standard InChI is InChI=1S/C25F22/c26-7-1(13(32)22(41)42)8(27)17(36)4(16(7)35)25(47,5-18(37)9(28)2(10(29)19(5)38)14(33)23(43)44)6-20(39)11(30)3(12(31)21(6)40)15(34)24(45)46. The lowest BCUT2D eigenvalue weighted by atomic mass is 9.78. The molecule has 0 amide bonds. The zero-order valence-electron chi connectivity index (χ0n) is 20.8. The molecular formula is C25F22. The molecule has 0 bridgehead atoms. The monoisotopic (exact) mass is 718 g/mol.